The molecule has 10 heteroatoms. The number of amides is 1. The Hall–Kier alpha value is -2.55. The van der Waals surface area contributed by atoms with Crippen molar-refractivity contribution in [3.05, 3.63) is 57.1 Å². The largest absolute Gasteiger partial charge is 0.472 e. The summed E-state index contributed by atoms with van der Waals surface area (Å²) in [7, 11) is 0. The van der Waals surface area contributed by atoms with E-state index in [1.165, 1.54) is 17.2 Å². The molecule has 1 atom stereocenters. The highest BCUT2D eigenvalue weighted by Gasteiger charge is 2.32. The van der Waals surface area contributed by atoms with Crippen molar-refractivity contribution < 1.29 is 22.7 Å². The van der Waals surface area contributed by atoms with Gasteiger partial charge in [0.2, 0.25) is 5.88 Å². The zero-order chi connectivity index (χ0) is 18.9. The van der Waals surface area contributed by atoms with Gasteiger partial charge in [0.15, 0.2) is 0 Å². The molecule has 0 bridgehead atoms. The van der Waals surface area contributed by atoms with Crippen LogP contribution in [0.4, 0.5) is 13.2 Å². The van der Waals surface area contributed by atoms with Gasteiger partial charge in [0.25, 0.3) is 11.5 Å². The van der Waals surface area contributed by atoms with Gasteiger partial charge in [-0.2, -0.15) is 13.2 Å². The summed E-state index contributed by atoms with van der Waals surface area (Å²) in [6, 6.07) is 2.95. The molecule has 1 amide bonds. The molecule has 6 nitrogen and oxygen atoms in total. The molecule has 0 unspecified atom stereocenters. The summed E-state index contributed by atoms with van der Waals surface area (Å²) in [5.41, 5.74) is -1.13. The van der Waals surface area contributed by atoms with Gasteiger partial charge >= 0.3 is 6.18 Å². The van der Waals surface area contributed by atoms with Crippen LogP contribution < -0.4 is 10.3 Å². The molecule has 1 N–H and O–H groups in total. The molecule has 1 aliphatic heterocycles. The van der Waals surface area contributed by atoms with Crippen LogP contribution in [0.15, 0.2) is 35.4 Å². The topological polar surface area (TPSA) is 75.3 Å². The van der Waals surface area contributed by atoms with E-state index in [2.05, 4.69) is 9.97 Å². The molecule has 1 aliphatic rings. The van der Waals surface area contributed by atoms with Crippen molar-refractivity contribution in [2.45, 2.75) is 18.7 Å². The lowest BCUT2D eigenvalue weighted by molar-refractivity contribution is -0.137. The predicted octanol–water partition coefficient (Wildman–Crippen LogP) is 2.74. The molecule has 1 saturated heterocycles. The Morgan fingerprint density at radius 3 is 2.85 bits per heavy atom. The lowest BCUT2D eigenvalue weighted by atomic mass is 10.2. The summed E-state index contributed by atoms with van der Waals surface area (Å²) < 4.78 is 43.7. The fraction of sp³-hybridized carbons (Fsp3) is 0.312. The number of carbonyl (C=O) groups excluding carboxylic acids is 1. The molecule has 3 heterocycles. The predicted molar refractivity (Wildman–Crippen MR) is 86.2 cm³/mol. The van der Waals surface area contributed by atoms with Gasteiger partial charge in [-0.05, 0) is 12.1 Å². The first-order chi connectivity index (χ1) is 12.2. The molecule has 2 aromatic heterocycles. The number of aromatic amines is 1. The van der Waals surface area contributed by atoms with Crippen molar-refractivity contribution in [2.75, 3.05) is 13.1 Å². The second-order valence-corrected chi connectivity index (χ2v) is 6.13. The summed E-state index contributed by atoms with van der Waals surface area (Å²) in [6.07, 6.45) is -2.23. The molecule has 26 heavy (non-hydrogen) atoms. The highest BCUT2D eigenvalue weighted by molar-refractivity contribution is 6.30. The SMILES string of the molecule is O=C(c1c[nH]c(=O)c(Cl)c1)N1CC[C@H](Oc2cc(C(F)(F)F)ccn2)C1. The van der Waals surface area contributed by atoms with Crippen molar-refractivity contribution in [1.82, 2.24) is 14.9 Å². The smallest absolute Gasteiger partial charge is 0.416 e. The van der Waals surface area contributed by atoms with E-state index in [1.54, 1.807) is 0 Å². The monoisotopic (exact) mass is 387 g/mol. The van der Waals surface area contributed by atoms with E-state index in [0.29, 0.717) is 13.0 Å². The number of ether oxygens (including phenoxy) is 1. The normalized spacial score (nSPS) is 17.4. The lowest BCUT2D eigenvalue weighted by Gasteiger charge is -2.17. The number of nitrogens with one attached hydrogen (secondary N) is 1. The first kappa shape index (κ1) is 18.2. The summed E-state index contributed by atoms with van der Waals surface area (Å²) in [4.78, 5) is 31.3. The van der Waals surface area contributed by atoms with Gasteiger partial charge in [-0.15, -0.1) is 0 Å². The van der Waals surface area contributed by atoms with E-state index in [-0.39, 0.29) is 28.9 Å². The fourth-order valence-electron chi connectivity index (χ4n) is 2.59. The number of H-pyrrole nitrogens is 1. The number of nitrogens with zero attached hydrogens (tertiary/aromatic N) is 2. The Balaban J connectivity index is 1.66. The van der Waals surface area contributed by atoms with Gasteiger partial charge < -0.3 is 14.6 Å². The number of hydrogen-bond acceptors (Lipinski definition) is 4. The summed E-state index contributed by atoms with van der Waals surface area (Å²) in [6.45, 7) is 0.548. The van der Waals surface area contributed by atoms with Crippen LogP contribution in [0.25, 0.3) is 0 Å². The molecule has 0 spiro atoms. The van der Waals surface area contributed by atoms with Crippen LogP contribution in [-0.4, -0.2) is 40.0 Å². The molecule has 138 valence electrons. The third-order valence-electron chi connectivity index (χ3n) is 3.89. The van der Waals surface area contributed by atoms with E-state index < -0.39 is 23.4 Å². The zero-order valence-corrected chi connectivity index (χ0v) is 14.0. The van der Waals surface area contributed by atoms with Crippen LogP contribution in [0.3, 0.4) is 0 Å². The van der Waals surface area contributed by atoms with Gasteiger partial charge in [0, 0.05) is 31.4 Å². The minimum atomic E-state index is -4.48. The Kier molecular flexibility index (Phi) is 4.90. The number of rotatable bonds is 3. The van der Waals surface area contributed by atoms with Crippen molar-refractivity contribution in [2.24, 2.45) is 0 Å². The highest BCUT2D eigenvalue weighted by atomic mass is 35.5. The third kappa shape index (κ3) is 3.98. The van der Waals surface area contributed by atoms with Gasteiger partial charge in [-0.3, -0.25) is 9.59 Å². The molecule has 1 fully saturated rings. The Morgan fingerprint density at radius 1 is 1.38 bits per heavy atom. The molecule has 2 aromatic rings. The van der Waals surface area contributed by atoms with Gasteiger partial charge in [-0.1, -0.05) is 11.6 Å². The maximum atomic E-state index is 12.7. The molecule has 0 radical (unpaired) electrons. The number of alkyl halides is 3. The second-order valence-electron chi connectivity index (χ2n) is 5.73. The van der Waals surface area contributed by atoms with Crippen molar-refractivity contribution in [3.8, 4) is 5.88 Å². The molecule has 0 aliphatic carbocycles. The maximum absolute atomic E-state index is 12.7. The maximum Gasteiger partial charge on any atom is 0.416 e. The van der Waals surface area contributed by atoms with E-state index >= 15 is 0 Å². The van der Waals surface area contributed by atoms with Gasteiger partial charge in [-0.25, -0.2) is 4.98 Å². The van der Waals surface area contributed by atoms with Crippen molar-refractivity contribution in [1.29, 1.82) is 0 Å². The standard InChI is InChI=1S/C16H13ClF3N3O3/c17-12-5-9(7-22-14(12)24)15(25)23-4-2-11(8-23)26-13-6-10(1-3-21-13)16(18,19)20/h1,3,5-7,11H,2,4,8H2,(H,22,24)/t11-/m0/s1. The fourth-order valence-corrected chi connectivity index (χ4v) is 2.76. The van der Waals surface area contributed by atoms with Gasteiger partial charge in [0.05, 0.1) is 17.7 Å². The number of pyridine rings is 2. The average Bonchev–Trinajstić information content (AvgIpc) is 3.04. The molecular weight excluding hydrogens is 375 g/mol. The number of carbonyl (C=O) groups is 1. The molecular formula is C16H13ClF3N3O3. The van der Waals surface area contributed by atoms with Crippen LogP contribution in [-0.2, 0) is 6.18 Å². The van der Waals surface area contributed by atoms with E-state index in [9.17, 15) is 22.8 Å². The van der Waals surface area contributed by atoms with E-state index in [0.717, 1.165) is 18.3 Å². The van der Waals surface area contributed by atoms with Crippen LogP contribution in [0.5, 0.6) is 5.88 Å². The minimum Gasteiger partial charge on any atom is -0.472 e. The number of likely N-dealkylation sites (tertiary alicyclic amines) is 1. The van der Waals surface area contributed by atoms with E-state index in [1.807, 2.05) is 0 Å². The number of hydrogen-bond donors (Lipinski definition) is 1. The molecule has 0 saturated carbocycles. The van der Waals surface area contributed by atoms with E-state index in [4.69, 9.17) is 16.3 Å². The Bertz CT molecular complexity index is 885. The number of aromatic nitrogens is 2. The minimum absolute atomic E-state index is 0.101. The lowest BCUT2D eigenvalue weighted by Crippen LogP contribution is -2.31. The van der Waals surface area contributed by atoms with Crippen LogP contribution in [0, 0.1) is 0 Å². The van der Waals surface area contributed by atoms with Crippen molar-refractivity contribution in [3.63, 3.8) is 0 Å². The van der Waals surface area contributed by atoms with Crippen LogP contribution >= 0.6 is 11.6 Å². The Morgan fingerprint density at radius 2 is 2.15 bits per heavy atom. The van der Waals surface area contributed by atoms with Crippen molar-refractivity contribution >= 4 is 17.5 Å². The average molecular weight is 388 g/mol. The first-order valence-corrected chi connectivity index (χ1v) is 7.99. The molecule has 0 aromatic carbocycles. The quantitative estimate of drug-likeness (QED) is 0.878. The second kappa shape index (κ2) is 6.99. The highest BCUT2D eigenvalue weighted by Crippen LogP contribution is 2.31. The third-order valence-corrected chi connectivity index (χ3v) is 4.17. The molecule has 3 rings (SSSR count). The summed E-state index contributed by atoms with van der Waals surface area (Å²) in [5.74, 6) is -0.502. The zero-order valence-electron chi connectivity index (χ0n) is 13.2. The summed E-state index contributed by atoms with van der Waals surface area (Å²) >= 11 is 5.71. The Labute approximate surface area is 150 Å². The summed E-state index contributed by atoms with van der Waals surface area (Å²) in [5, 5.41) is -0.101. The number of halogens is 4. The van der Waals surface area contributed by atoms with Crippen LogP contribution in [0.1, 0.15) is 22.3 Å². The first-order valence-electron chi connectivity index (χ1n) is 7.61. The van der Waals surface area contributed by atoms with Crippen LogP contribution in [0.2, 0.25) is 5.02 Å². The van der Waals surface area contributed by atoms with Gasteiger partial charge in [0.1, 0.15) is 11.1 Å².